The Balaban J connectivity index is 1.89. The van der Waals surface area contributed by atoms with E-state index in [1.165, 1.54) is 0 Å². The van der Waals surface area contributed by atoms with Gasteiger partial charge in [0, 0.05) is 19.0 Å². The van der Waals surface area contributed by atoms with Crippen molar-refractivity contribution in [2.75, 3.05) is 26.3 Å². The normalized spacial score (nSPS) is 18.4. The minimum atomic E-state index is -0.896. The molecule has 1 aliphatic rings. The molecule has 0 unspecified atom stereocenters. The quantitative estimate of drug-likeness (QED) is 0.549. The molecule has 1 aliphatic heterocycles. The van der Waals surface area contributed by atoms with Crippen LogP contribution in [0.3, 0.4) is 0 Å². The highest BCUT2D eigenvalue weighted by Crippen LogP contribution is 2.01. The molecule has 0 aromatic carbocycles. The third-order valence-corrected chi connectivity index (χ3v) is 1.45. The Hall–Kier alpha value is -0.610. The molecular weight excluding hydrogens is 134 g/mol. The van der Waals surface area contributed by atoms with E-state index in [2.05, 4.69) is 5.32 Å². The van der Waals surface area contributed by atoms with Crippen LogP contribution >= 0.6 is 0 Å². The summed E-state index contributed by atoms with van der Waals surface area (Å²) in [5, 5.41) is 11.2. The van der Waals surface area contributed by atoms with Gasteiger partial charge < -0.3 is 15.2 Å². The molecule has 4 heteroatoms. The zero-order valence-corrected chi connectivity index (χ0v) is 5.67. The minimum absolute atomic E-state index is 0.170. The van der Waals surface area contributed by atoms with Gasteiger partial charge in [0.05, 0.1) is 6.61 Å². The van der Waals surface area contributed by atoms with E-state index in [4.69, 9.17) is 9.84 Å². The van der Waals surface area contributed by atoms with Crippen molar-refractivity contribution in [3.63, 3.8) is 0 Å². The molecule has 0 radical (unpaired) electrons. The molecule has 4 nitrogen and oxygen atoms in total. The molecular formula is C6H11NO3. The minimum Gasteiger partial charge on any atom is -0.480 e. The molecule has 1 saturated heterocycles. The molecule has 0 aromatic heterocycles. The Labute approximate surface area is 59.2 Å². The summed E-state index contributed by atoms with van der Waals surface area (Å²) >= 11 is 0. The summed E-state index contributed by atoms with van der Waals surface area (Å²) in [6.45, 7) is 2.31. The smallest absolute Gasteiger partial charge is 0.329 e. The van der Waals surface area contributed by atoms with Crippen LogP contribution in [0, 0.1) is 5.92 Å². The lowest BCUT2D eigenvalue weighted by Crippen LogP contribution is -2.44. The lowest BCUT2D eigenvalue weighted by molar-refractivity contribution is -0.142. The predicted octanol–water partition coefficient (Wildman–Crippen LogP) is -0.693. The first-order valence-corrected chi connectivity index (χ1v) is 3.29. The average molecular weight is 145 g/mol. The summed E-state index contributed by atoms with van der Waals surface area (Å²) in [6, 6.07) is 0. The van der Waals surface area contributed by atoms with Crippen LogP contribution in [0.2, 0.25) is 0 Å². The molecule has 1 rings (SSSR count). The van der Waals surface area contributed by atoms with E-state index >= 15 is 0 Å². The standard InChI is InChI=1S/C6H11NO3/c8-6(9)4-10-3-5-1-7-2-5/h5,7H,1-4H2,(H,8,9). The van der Waals surface area contributed by atoms with Gasteiger partial charge in [-0.2, -0.15) is 0 Å². The number of carboxylic acids is 1. The van der Waals surface area contributed by atoms with Crippen LogP contribution in [-0.2, 0) is 9.53 Å². The molecule has 0 saturated carbocycles. The van der Waals surface area contributed by atoms with Crippen LogP contribution < -0.4 is 5.32 Å². The first kappa shape index (κ1) is 7.50. The lowest BCUT2D eigenvalue weighted by Gasteiger charge is -2.26. The van der Waals surface area contributed by atoms with Crippen molar-refractivity contribution in [3.05, 3.63) is 0 Å². The molecule has 0 atom stereocenters. The van der Waals surface area contributed by atoms with Gasteiger partial charge in [-0.25, -0.2) is 4.79 Å². The molecule has 1 fully saturated rings. The summed E-state index contributed by atoms with van der Waals surface area (Å²) in [4.78, 5) is 9.95. The number of nitrogens with one attached hydrogen (secondary N) is 1. The lowest BCUT2D eigenvalue weighted by atomic mass is 10.1. The fourth-order valence-corrected chi connectivity index (χ4v) is 0.779. The number of carboxylic acid groups (broad SMARTS) is 1. The zero-order chi connectivity index (χ0) is 7.40. The Bertz CT molecular complexity index is 122. The van der Waals surface area contributed by atoms with Gasteiger partial charge in [0.15, 0.2) is 0 Å². The molecule has 0 spiro atoms. The highest BCUT2D eigenvalue weighted by atomic mass is 16.5. The van der Waals surface area contributed by atoms with E-state index in [0.717, 1.165) is 13.1 Å². The van der Waals surface area contributed by atoms with Crippen LogP contribution in [0.4, 0.5) is 0 Å². The van der Waals surface area contributed by atoms with Gasteiger partial charge in [-0.15, -0.1) is 0 Å². The van der Waals surface area contributed by atoms with E-state index in [1.807, 2.05) is 0 Å². The van der Waals surface area contributed by atoms with Crippen LogP contribution in [0.25, 0.3) is 0 Å². The van der Waals surface area contributed by atoms with Gasteiger partial charge in [-0.05, 0) is 0 Å². The highest BCUT2D eigenvalue weighted by Gasteiger charge is 2.16. The second-order valence-corrected chi connectivity index (χ2v) is 2.43. The summed E-state index contributed by atoms with van der Waals surface area (Å²) in [5.74, 6) is -0.369. The molecule has 58 valence electrons. The number of carbonyl (C=O) groups is 1. The van der Waals surface area contributed by atoms with Crippen LogP contribution in [0.5, 0.6) is 0 Å². The second kappa shape index (κ2) is 3.53. The molecule has 0 amide bonds. The maximum Gasteiger partial charge on any atom is 0.329 e. The molecule has 0 bridgehead atoms. The third-order valence-electron chi connectivity index (χ3n) is 1.45. The topological polar surface area (TPSA) is 58.6 Å². The summed E-state index contributed by atoms with van der Waals surface area (Å²) in [6.07, 6.45) is 0. The Morgan fingerprint density at radius 1 is 1.70 bits per heavy atom. The molecule has 10 heavy (non-hydrogen) atoms. The van der Waals surface area contributed by atoms with Crippen molar-refractivity contribution < 1.29 is 14.6 Å². The molecule has 2 N–H and O–H groups in total. The molecule has 0 aromatic rings. The van der Waals surface area contributed by atoms with E-state index in [1.54, 1.807) is 0 Å². The van der Waals surface area contributed by atoms with Gasteiger partial charge >= 0.3 is 5.97 Å². The predicted molar refractivity (Wildman–Crippen MR) is 34.8 cm³/mol. The van der Waals surface area contributed by atoms with Crippen LogP contribution in [0.1, 0.15) is 0 Å². The third kappa shape index (κ3) is 2.33. The van der Waals surface area contributed by atoms with Crippen molar-refractivity contribution in [1.82, 2.24) is 5.32 Å². The van der Waals surface area contributed by atoms with E-state index in [9.17, 15) is 4.79 Å². The van der Waals surface area contributed by atoms with Gasteiger partial charge in [0.2, 0.25) is 0 Å². The van der Waals surface area contributed by atoms with Crippen molar-refractivity contribution in [2.24, 2.45) is 5.92 Å². The van der Waals surface area contributed by atoms with Gasteiger partial charge in [0.1, 0.15) is 6.61 Å². The average Bonchev–Trinajstić information content (AvgIpc) is 1.75. The monoisotopic (exact) mass is 145 g/mol. The Morgan fingerprint density at radius 3 is 2.80 bits per heavy atom. The summed E-state index contributed by atoms with van der Waals surface area (Å²) in [7, 11) is 0. The number of aliphatic carboxylic acids is 1. The number of hydrogen-bond acceptors (Lipinski definition) is 3. The van der Waals surface area contributed by atoms with Crippen molar-refractivity contribution >= 4 is 5.97 Å². The van der Waals surface area contributed by atoms with E-state index in [0.29, 0.717) is 12.5 Å². The van der Waals surface area contributed by atoms with E-state index in [-0.39, 0.29) is 6.61 Å². The van der Waals surface area contributed by atoms with Crippen molar-refractivity contribution in [3.8, 4) is 0 Å². The van der Waals surface area contributed by atoms with Crippen LogP contribution in [-0.4, -0.2) is 37.4 Å². The first-order valence-electron chi connectivity index (χ1n) is 3.29. The largest absolute Gasteiger partial charge is 0.480 e. The van der Waals surface area contributed by atoms with Gasteiger partial charge in [0.25, 0.3) is 0 Å². The molecule has 1 heterocycles. The zero-order valence-electron chi connectivity index (χ0n) is 5.67. The number of ether oxygens (including phenoxy) is 1. The summed E-state index contributed by atoms with van der Waals surface area (Å²) < 4.78 is 4.86. The first-order chi connectivity index (χ1) is 4.79. The SMILES string of the molecule is O=C(O)COCC1CNC1. The maximum atomic E-state index is 9.95. The Kier molecular flexibility index (Phi) is 2.65. The highest BCUT2D eigenvalue weighted by molar-refractivity contribution is 5.67. The second-order valence-electron chi connectivity index (χ2n) is 2.43. The van der Waals surface area contributed by atoms with Crippen molar-refractivity contribution in [1.29, 1.82) is 0 Å². The molecule has 0 aliphatic carbocycles. The fourth-order valence-electron chi connectivity index (χ4n) is 0.779. The summed E-state index contributed by atoms with van der Waals surface area (Å²) in [5.41, 5.74) is 0. The fraction of sp³-hybridized carbons (Fsp3) is 0.833. The number of hydrogen-bond donors (Lipinski definition) is 2. The van der Waals surface area contributed by atoms with Crippen molar-refractivity contribution in [2.45, 2.75) is 0 Å². The van der Waals surface area contributed by atoms with Crippen LogP contribution in [0.15, 0.2) is 0 Å². The van der Waals surface area contributed by atoms with E-state index < -0.39 is 5.97 Å². The number of rotatable bonds is 4. The maximum absolute atomic E-state index is 9.95. The Morgan fingerprint density at radius 2 is 2.40 bits per heavy atom. The van der Waals surface area contributed by atoms with Gasteiger partial charge in [-0.1, -0.05) is 0 Å². The van der Waals surface area contributed by atoms with Gasteiger partial charge in [-0.3, -0.25) is 0 Å².